The van der Waals surface area contributed by atoms with Crippen LogP contribution >= 0.6 is 0 Å². The van der Waals surface area contributed by atoms with E-state index in [1.807, 2.05) is 22.8 Å². The summed E-state index contributed by atoms with van der Waals surface area (Å²) in [7, 11) is 4.35. The highest BCUT2D eigenvalue weighted by molar-refractivity contribution is 5.67. The summed E-state index contributed by atoms with van der Waals surface area (Å²) in [4.78, 5) is 6.71. The molecule has 0 unspecified atom stereocenters. The van der Waals surface area contributed by atoms with Crippen molar-refractivity contribution in [3.8, 4) is 0 Å². The molecule has 1 fully saturated rings. The fourth-order valence-electron chi connectivity index (χ4n) is 2.91. The number of hydrogen-bond donors (Lipinski definition) is 1. The van der Waals surface area contributed by atoms with Crippen molar-refractivity contribution in [2.75, 3.05) is 19.4 Å². The van der Waals surface area contributed by atoms with Crippen molar-refractivity contribution in [3.63, 3.8) is 0 Å². The zero-order valence-electron chi connectivity index (χ0n) is 11.6. The van der Waals surface area contributed by atoms with Gasteiger partial charge < -0.3 is 10.2 Å². The zero-order valence-corrected chi connectivity index (χ0v) is 11.6. The molecule has 2 aromatic rings. The maximum absolute atomic E-state index is 4.37. The molecule has 1 N–H and O–H groups in total. The number of nitrogens with zero attached hydrogens (tertiary/aromatic N) is 4. The summed E-state index contributed by atoms with van der Waals surface area (Å²) in [5.41, 5.74) is 1.05. The highest BCUT2D eigenvalue weighted by Gasteiger charge is 2.22. The summed E-state index contributed by atoms with van der Waals surface area (Å²) in [6, 6.07) is 5.31. The molecule has 2 heterocycles. The van der Waals surface area contributed by atoms with E-state index in [1.165, 1.54) is 25.7 Å². The summed E-state index contributed by atoms with van der Waals surface area (Å²) in [6.45, 7) is 0. The fraction of sp³-hybridized carbons (Fsp3) is 0.571. The maximum Gasteiger partial charge on any atom is 0.154 e. The molecule has 1 aliphatic carbocycles. The Morgan fingerprint density at radius 2 is 2.05 bits per heavy atom. The Hall–Kier alpha value is -1.62. The molecule has 0 bridgehead atoms. The third-order valence-corrected chi connectivity index (χ3v) is 4.10. The fourth-order valence-corrected chi connectivity index (χ4v) is 2.91. The van der Waals surface area contributed by atoms with Gasteiger partial charge in [0.25, 0.3) is 0 Å². The van der Waals surface area contributed by atoms with Crippen LogP contribution in [0.15, 0.2) is 24.7 Å². The molecule has 0 aromatic carbocycles. The first-order chi connectivity index (χ1) is 9.24. The van der Waals surface area contributed by atoms with Gasteiger partial charge in [0.05, 0.1) is 0 Å². The molecule has 0 aliphatic heterocycles. The van der Waals surface area contributed by atoms with Crippen molar-refractivity contribution >= 4 is 11.3 Å². The zero-order chi connectivity index (χ0) is 13.2. The van der Waals surface area contributed by atoms with E-state index >= 15 is 0 Å². The van der Waals surface area contributed by atoms with Crippen LogP contribution in [0.2, 0.25) is 0 Å². The predicted molar refractivity (Wildman–Crippen MR) is 76.3 cm³/mol. The topological polar surface area (TPSA) is 45.5 Å². The second kappa shape index (κ2) is 5.17. The number of aromatic nitrogens is 3. The van der Waals surface area contributed by atoms with Crippen LogP contribution in [0, 0.1) is 0 Å². The summed E-state index contributed by atoms with van der Waals surface area (Å²) < 4.78 is 1.86. The first-order valence-corrected chi connectivity index (χ1v) is 6.95. The maximum atomic E-state index is 4.37. The first kappa shape index (κ1) is 12.4. The third-order valence-electron chi connectivity index (χ3n) is 4.10. The molecule has 0 radical (unpaired) electrons. The van der Waals surface area contributed by atoms with Crippen LogP contribution in [0.1, 0.15) is 25.7 Å². The summed E-state index contributed by atoms with van der Waals surface area (Å²) in [5.74, 6) is 0.952. The second-order valence-corrected chi connectivity index (χ2v) is 5.56. The normalized spacial score (nSPS) is 23.9. The predicted octanol–water partition coefficient (Wildman–Crippen LogP) is 2.01. The minimum absolute atomic E-state index is 0.532. The van der Waals surface area contributed by atoms with E-state index in [0.717, 1.165) is 17.4 Å². The molecule has 2 aromatic heterocycles. The number of hydrogen-bond acceptors (Lipinski definition) is 4. The molecule has 102 valence electrons. The first-order valence-electron chi connectivity index (χ1n) is 6.95. The van der Waals surface area contributed by atoms with Crippen LogP contribution in [-0.4, -0.2) is 45.7 Å². The standard InChI is InChI=1S/C14H21N5/c1-18(2)12-7-5-11(6-8-12)17-14-13-4-3-9-19(13)16-10-15-14/h3-4,9-12H,5-8H2,1-2H3,(H,15,16,17). The summed E-state index contributed by atoms with van der Waals surface area (Å²) in [5, 5.41) is 7.77. The number of nitrogens with one attached hydrogen (secondary N) is 1. The summed E-state index contributed by atoms with van der Waals surface area (Å²) >= 11 is 0. The van der Waals surface area contributed by atoms with E-state index in [9.17, 15) is 0 Å². The van der Waals surface area contributed by atoms with Gasteiger partial charge in [0.2, 0.25) is 0 Å². The molecule has 1 aliphatic rings. The van der Waals surface area contributed by atoms with Crippen molar-refractivity contribution in [1.29, 1.82) is 0 Å². The highest BCUT2D eigenvalue weighted by atomic mass is 15.3. The van der Waals surface area contributed by atoms with Gasteiger partial charge in [-0.05, 0) is 51.9 Å². The lowest BCUT2D eigenvalue weighted by molar-refractivity contribution is 0.221. The largest absolute Gasteiger partial charge is 0.365 e. The van der Waals surface area contributed by atoms with Crippen molar-refractivity contribution < 1.29 is 0 Å². The van der Waals surface area contributed by atoms with Crippen molar-refractivity contribution in [2.24, 2.45) is 0 Å². The van der Waals surface area contributed by atoms with Crippen LogP contribution in [0.4, 0.5) is 5.82 Å². The Labute approximate surface area is 113 Å². The SMILES string of the molecule is CN(C)C1CCC(Nc2ncnn3cccc23)CC1. The summed E-state index contributed by atoms with van der Waals surface area (Å²) in [6.07, 6.45) is 8.49. The lowest BCUT2D eigenvalue weighted by atomic mass is 9.90. The van der Waals surface area contributed by atoms with E-state index in [4.69, 9.17) is 0 Å². The Morgan fingerprint density at radius 1 is 1.26 bits per heavy atom. The van der Waals surface area contributed by atoms with Gasteiger partial charge in [0.1, 0.15) is 11.8 Å². The molecule has 5 nitrogen and oxygen atoms in total. The minimum atomic E-state index is 0.532. The third kappa shape index (κ3) is 2.56. The number of rotatable bonds is 3. The van der Waals surface area contributed by atoms with Gasteiger partial charge >= 0.3 is 0 Å². The molecular formula is C14H21N5. The van der Waals surface area contributed by atoms with E-state index < -0.39 is 0 Å². The lowest BCUT2D eigenvalue weighted by Crippen LogP contribution is -2.36. The smallest absolute Gasteiger partial charge is 0.154 e. The van der Waals surface area contributed by atoms with Crippen molar-refractivity contribution in [1.82, 2.24) is 19.5 Å². The van der Waals surface area contributed by atoms with E-state index in [2.05, 4.69) is 34.4 Å². The Balaban J connectivity index is 1.68. The van der Waals surface area contributed by atoms with Gasteiger partial charge in [-0.2, -0.15) is 5.10 Å². The molecule has 0 atom stereocenters. The molecule has 0 saturated heterocycles. The molecule has 1 saturated carbocycles. The van der Waals surface area contributed by atoms with Gasteiger partial charge in [0.15, 0.2) is 5.82 Å². The monoisotopic (exact) mass is 259 g/mol. The van der Waals surface area contributed by atoms with Crippen LogP contribution in [-0.2, 0) is 0 Å². The van der Waals surface area contributed by atoms with Gasteiger partial charge in [-0.1, -0.05) is 0 Å². The molecular weight excluding hydrogens is 238 g/mol. The lowest BCUT2D eigenvalue weighted by Gasteiger charge is -2.33. The Kier molecular flexibility index (Phi) is 3.38. The average Bonchev–Trinajstić information content (AvgIpc) is 2.89. The van der Waals surface area contributed by atoms with Crippen molar-refractivity contribution in [2.45, 2.75) is 37.8 Å². The highest BCUT2D eigenvalue weighted by Crippen LogP contribution is 2.25. The van der Waals surface area contributed by atoms with E-state index in [-0.39, 0.29) is 0 Å². The van der Waals surface area contributed by atoms with Crippen LogP contribution in [0.5, 0.6) is 0 Å². The van der Waals surface area contributed by atoms with Crippen LogP contribution < -0.4 is 5.32 Å². The molecule has 5 heteroatoms. The number of anilines is 1. The molecule has 3 rings (SSSR count). The molecule has 0 spiro atoms. The van der Waals surface area contributed by atoms with Crippen LogP contribution in [0.3, 0.4) is 0 Å². The van der Waals surface area contributed by atoms with Crippen molar-refractivity contribution in [3.05, 3.63) is 24.7 Å². The van der Waals surface area contributed by atoms with Gasteiger partial charge in [-0.15, -0.1) is 0 Å². The Morgan fingerprint density at radius 3 is 2.79 bits per heavy atom. The van der Waals surface area contributed by atoms with E-state index in [1.54, 1.807) is 6.33 Å². The average molecular weight is 259 g/mol. The van der Waals surface area contributed by atoms with Gasteiger partial charge in [-0.3, -0.25) is 0 Å². The molecule has 0 amide bonds. The minimum Gasteiger partial charge on any atom is -0.365 e. The van der Waals surface area contributed by atoms with Gasteiger partial charge in [0, 0.05) is 18.3 Å². The Bertz CT molecular complexity index is 540. The second-order valence-electron chi connectivity index (χ2n) is 5.56. The van der Waals surface area contributed by atoms with Crippen LogP contribution in [0.25, 0.3) is 5.52 Å². The molecule has 19 heavy (non-hydrogen) atoms. The van der Waals surface area contributed by atoms with Gasteiger partial charge in [-0.25, -0.2) is 9.50 Å². The quantitative estimate of drug-likeness (QED) is 0.916. The van der Waals surface area contributed by atoms with E-state index in [0.29, 0.717) is 6.04 Å². The number of fused-ring (bicyclic) bond motifs is 1.